The molecule has 21 heavy (non-hydrogen) atoms. The largest absolute Gasteiger partial charge is 0.507 e. The van der Waals surface area contributed by atoms with E-state index in [1.165, 1.54) is 16.7 Å². The van der Waals surface area contributed by atoms with Crippen molar-refractivity contribution in [2.75, 3.05) is 0 Å². The number of hydrogen-bond acceptors (Lipinski definition) is 5. The molecule has 1 aliphatic carbocycles. The van der Waals surface area contributed by atoms with Crippen molar-refractivity contribution in [1.82, 2.24) is 0 Å². The van der Waals surface area contributed by atoms with Crippen LogP contribution in [0, 0.1) is 10.8 Å². The highest BCUT2D eigenvalue weighted by Gasteiger charge is 2.30. The number of allylic oxidation sites excluding steroid dienone is 2. The summed E-state index contributed by atoms with van der Waals surface area (Å²) < 4.78 is 0. The molecule has 0 aromatic heterocycles. The van der Waals surface area contributed by atoms with Crippen molar-refractivity contribution in [3.8, 4) is 5.75 Å². The Bertz CT molecular complexity index is 691. The Kier molecular flexibility index (Phi) is 3.69. The first-order valence-corrected chi connectivity index (χ1v) is 7.71. The molecule has 1 aromatic rings. The predicted octanol–water partition coefficient (Wildman–Crippen LogP) is 3.18. The number of aromatic hydroxyl groups is 1. The van der Waals surface area contributed by atoms with Crippen LogP contribution >= 0.6 is 11.8 Å². The van der Waals surface area contributed by atoms with E-state index < -0.39 is 0 Å². The number of nitrogens with two attached hydrogens (primary N) is 1. The Balaban J connectivity index is 1.95. The first kappa shape index (κ1) is 14.1. The topological polar surface area (TPSA) is 94.0 Å². The normalized spacial score (nSPS) is 23.6. The molecule has 0 fully saturated rings. The number of phenolic OH excluding ortho intramolecular Hbond substituents is 1. The SMILES string of the molecule is N=C1SC2=C(CC(N)CC2)/C1=C/C(=N)c1ccccc1O. The van der Waals surface area contributed by atoms with E-state index >= 15 is 0 Å². The molecule has 0 saturated carbocycles. The molecule has 1 aromatic carbocycles. The van der Waals surface area contributed by atoms with E-state index in [0.717, 1.165) is 30.4 Å². The second-order valence-corrected chi connectivity index (χ2v) is 6.43. The number of phenols is 1. The molecule has 0 bridgehead atoms. The lowest BCUT2D eigenvalue weighted by molar-refractivity contribution is 0.474. The third-order valence-corrected chi connectivity index (χ3v) is 4.94. The van der Waals surface area contributed by atoms with Crippen LogP contribution in [0.2, 0.25) is 0 Å². The monoisotopic (exact) mass is 299 g/mol. The first-order chi connectivity index (χ1) is 10.1. The van der Waals surface area contributed by atoms with Crippen LogP contribution in [0.5, 0.6) is 5.75 Å². The van der Waals surface area contributed by atoms with Crippen molar-refractivity contribution < 1.29 is 5.11 Å². The number of benzene rings is 1. The zero-order valence-electron chi connectivity index (χ0n) is 11.5. The molecule has 2 aliphatic rings. The minimum absolute atomic E-state index is 0.0890. The quantitative estimate of drug-likeness (QED) is 0.632. The summed E-state index contributed by atoms with van der Waals surface area (Å²) >= 11 is 1.48. The van der Waals surface area contributed by atoms with Crippen molar-refractivity contribution >= 4 is 22.5 Å². The Morgan fingerprint density at radius 2 is 2.14 bits per heavy atom. The summed E-state index contributed by atoms with van der Waals surface area (Å²) in [5.41, 5.74) is 8.64. The second-order valence-electron chi connectivity index (χ2n) is 5.32. The molecular formula is C16H17N3OS. The third-order valence-electron chi connectivity index (χ3n) is 3.82. The molecule has 0 spiro atoms. The minimum Gasteiger partial charge on any atom is -0.507 e. The van der Waals surface area contributed by atoms with Gasteiger partial charge in [0.25, 0.3) is 0 Å². The van der Waals surface area contributed by atoms with E-state index in [1.54, 1.807) is 30.3 Å². The maximum Gasteiger partial charge on any atom is 0.124 e. The molecule has 1 atom stereocenters. The Morgan fingerprint density at radius 1 is 1.38 bits per heavy atom. The Morgan fingerprint density at radius 3 is 2.90 bits per heavy atom. The molecular weight excluding hydrogens is 282 g/mol. The number of rotatable bonds is 2. The van der Waals surface area contributed by atoms with Gasteiger partial charge in [0, 0.05) is 17.2 Å². The molecule has 4 nitrogen and oxygen atoms in total. The van der Waals surface area contributed by atoms with Crippen LogP contribution in [0.15, 0.2) is 46.4 Å². The fraction of sp³-hybridized carbons (Fsp3) is 0.250. The van der Waals surface area contributed by atoms with Crippen LogP contribution in [-0.4, -0.2) is 21.9 Å². The van der Waals surface area contributed by atoms with Gasteiger partial charge in [-0.25, -0.2) is 0 Å². The van der Waals surface area contributed by atoms with Crippen LogP contribution in [0.4, 0.5) is 0 Å². The lowest BCUT2D eigenvalue weighted by Crippen LogP contribution is -2.23. The van der Waals surface area contributed by atoms with E-state index in [0.29, 0.717) is 10.6 Å². The zero-order chi connectivity index (χ0) is 15.0. The van der Waals surface area contributed by atoms with Crippen molar-refractivity contribution in [2.45, 2.75) is 25.3 Å². The maximum absolute atomic E-state index is 9.83. The zero-order valence-corrected chi connectivity index (χ0v) is 12.3. The summed E-state index contributed by atoms with van der Waals surface area (Å²) in [6.07, 6.45) is 4.34. The van der Waals surface area contributed by atoms with Crippen LogP contribution in [0.25, 0.3) is 0 Å². The van der Waals surface area contributed by atoms with Gasteiger partial charge in [-0.1, -0.05) is 23.9 Å². The predicted molar refractivity (Wildman–Crippen MR) is 87.2 cm³/mol. The van der Waals surface area contributed by atoms with Crippen molar-refractivity contribution in [1.29, 1.82) is 10.8 Å². The van der Waals surface area contributed by atoms with E-state index in [4.69, 9.17) is 16.6 Å². The molecule has 0 amide bonds. The average Bonchev–Trinajstić information content (AvgIpc) is 2.75. The van der Waals surface area contributed by atoms with Gasteiger partial charge in [0.1, 0.15) is 5.75 Å². The lowest BCUT2D eigenvalue weighted by atomic mass is 9.89. The minimum atomic E-state index is 0.0890. The van der Waals surface area contributed by atoms with Gasteiger partial charge in [0.05, 0.1) is 10.8 Å². The molecule has 0 radical (unpaired) electrons. The van der Waals surface area contributed by atoms with Gasteiger partial charge in [0.15, 0.2) is 0 Å². The molecule has 1 unspecified atom stereocenters. The van der Waals surface area contributed by atoms with Gasteiger partial charge in [0.2, 0.25) is 0 Å². The number of para-hydroxylation sites is 1. The fourth-order valence-electron chi connectivity index (χ4n) is 2.71. The van der Waals surface area contributed by atoms with Crippen LogP contribution in [0.1, 0.15) is 24.8 Å². The van der Waals surface area contributed by atoms with E-state index in [-0.39, 0.29) is 17.5 Å². The summed E-state index contributed by atoms with van der Waals surface area (Å²) in [6, 6.07) is 6.93. The first-order valence-electron chi connectivity index (χ1n) is 6.89. The number of hydrogen-bond donors (Lipinski definition) is 4. The van der Waals surface area contributed by atoms with Gasteiger partial charge in [-0.05, 0) is 47.9 Å². The molecule has 5 heteroatoms. The highest BCUT2D eigenvalue weighted by molar-refractivity contribution is 8.18. The summed E-state index contributed by atoms with van der Waals surface area (Å²) in [7, 11) is 0. The number of thioether (sulfide) groups is 1. The smallest absolute Gasteiger partial charge is 0.124 e. The van der Waals surface area contributed by atoms with Gasteiger partial charge >= 0.3 is 0 Å². The standard InChI is InChI=1S/C16H17N3OS/c17-9-5-6-15-11(7-9)12(16(19)21-15)8-13(18)10-3-1-2-4-14(10)20/h1-4,8-9,18-20H,5-7,17H2/b12-8-,18-13?,19-16?. The van der Waals surface area contributed by atoms with Crippen LogP contribution in [-0.2, 0) is 0 Å². The molecule has 108 valence electrons. The summed E-state index contributed by atoms with van der Waals surface area (Å²) in [4.78, 5) is 1.22. The third kappa shape index (κ3) is 2.66. The second kappa shape index (κ2) is 5.50. The maximum atomic E-state index is 9.83. The summed E-state index contributed by atoms with van der Waals surface area (Å²) in [5, 5.41) is 26.6. The molecule has 1 heterocycles. The van der Waals surface area contributed by atoms with Crippen LogP contribution in [0.3, 0.4) is 0 Å². The average molecular weight is 299 g/mol. The Labute approximate surface area is 127 Å². The Hall–Kier alpha value is -1.85. The molecule has 3 rings (SSSR count). The van der Waals surface area contributed by atoms with Gasteiger partial charge in [-0.2, -0.15) is 0 Å². The molecule has 5 N–H and O–H groups in total. The van der Waals surface area contributed by atoms with E-state index in [9.17, 15) is 5.11 Å². The van der Waals surface area contributed by atoms with Crippen molar-refractivity contribution in [3.05, 3.63) is 52.0 Å². The molecule has 0 saturated heterocycles. The highest BCUT2D eigenvalue weighted by atomic mass is 32.2. The van der Waals surface area contributed by atoms with E-state index in [1.807, 2.05) is 0 Å². The van der Waals surface area contributed by atoms with Crippen LogP contribution < -0.4 is 5.73 Å². The van der Waals surface area contributed by atoms with Crippen molar-refractivity contribution in [3.63, 3.8) is 0 Å². The number of nitrogens with one attached hydrogen (secondary N) is 2. The summed E-state index contributed by atoms with van der Waals surface area (Å²) in [6.45, 7) is 0. The summed E-state index contributed by atoms with van der Waals surface area (Å²) in [5.74, 6) is 0.0890. The molecule has 1 aliphatic heterocycles. The lowest BCUT2D eigenvalue weighted by Gasteiger charge is -2.19. The highest BCUT2D eigenvalue weighted by Crippen LogP contribution is 2.45. The van der Waals surface area contributed by atoms with Crippen molar-refractivity contribution in [2.24, 2.45) is 5.73 Å². The van der Waals surface area contributed by atoms with Gasteiger partial charge < -0.3 is 16.2 Å². The van der Waals surface area contributed by atoms with Gasteiger partial charge in [-0.3, -0.25) is 5.41 Å². The van der Waals surface area contributed by atoms with E-state index in [2.05, 4.69) is 0 Å². The van der Waals surface area contributed by atoms with Gasteiger partial charge in [-0.15, -0.1) is 0 Å². The fourth-order valence-corrected chi connectivity index (χ4v) is 3.78.